The molecule has 182 valence electrons. The van der Waals surface area contributed by atoms with Crippen molar-refractivity contribution < 1.29 is 0 Å². The minimum absolute atomic E-state index is 0.604. The molecule has 6 rings (SSSR count). The second-order valence-electron chi connectivity index (χ2n) is 15.2. The smallest absolute Gasteiger partial charge is 0.114 e. The summed E-state index contributed by atoms with van der Waals surface area (Å²) in [5.41, 5.74) is 1.21. The molecule has 0 heterocycles. The third kappa shape index (κ3) is 3.95. The van der Waals surface area contributed by atoms with Crippen LogP contribution in [0.25, 0.3) is 0 Å². The highest BCUT2D eigenvalue weighted by Crippen LogP contribution is 2.70. The first kappa shape index (κ1) is 25.1. The molecular weight excluding hydrogens is 399 g/mol. The van der Waals surface area contributed by atoms with Gasteiger partial charge in [-0.1, -0.05) is 112 Å². The van der Waals surface area contributed by atoms with E-state index in [2.05, 4.69) is 74.2 Å². The summed E-state index contributed by atoms with van der Waals surface area (Å²) >= 11 is 0. The molecule has 2 heteroatoms. The summed E-state index contributed by atoms with van der Waals surface area (Å²) in [5, 5.41) is 2.00. The van der Waals surface area contributed by atoms with Crippen molar-refractivity contribution >= 4 is 14.8 Å². The highest BCUT2D eigenvalue weighted by atomic mass is 28.3. The predicted octanol–water partition coefficient (Wildman–Crippen LogP) is 9.55. The van der Waals surface area contributed by atoms with E-state index in [1.54, 1.807) is 0 Å². The Morgan fingerprint density at radius 3 is 1.62 bits per heavy atom. The molecule has 0 aromatic carbocycles. The zero-order valence-electron chi connectivity index (χ0n) is 23.4. The SMILES string of the molecule is CCCCC/C=C(/B([C@@H]1CC2CC([C@H]1C)C2(C)C)[C@@H]1CC2CC([C@H]1C)C2(C)C)[Si](C)(C)C. The van der Waals surface area contributed by atoms with Crippen molar-refractivity contribution in [2.24, 2.45) is 46.3 Å². The van der Waals surface area contributed by atoms with Crippen molar-refractivity contribution in [2.75, 3.05) is 0 Å². The quantitative estimate of drug-likeness (QED) is 0.253. The molecule has 32 heavy (non-hydrogen) atoms. The fourth-order valence-corrected chi connectivity index (χ4v) is 11.9. The Bertz CT molecular complexity index is 671. The Labute approximate surface area is 203 Å². The average molecular weight is 455 g/mol. The lowest BCUT2D eigenvalue weighted by Gasteiger charge is -2.67. The molecule has 0 saturated heterocycles. The van der Waals surface area contributed by atoms with Crippen molar-refractivity contribution in [1.29, 1.82) is 0 Å². The van der Waals surface area contributed by atoms with Gasteiger partial charge >= 0.3 is 0 Å². The van der Waals surface area contributed by atoms with E-state index in [4.69, 9.17) is 0 Å². The van der Waals surface area contributed by atoms with Gasteiger partial charge in [-0.05, 0) is 72.0 Å². The zero-order chi connectivity index (χ0) is 23.6. The van der Waals surface area contributed by atoms with E-state index < -0.39 is 8.07 Å². The summed E-state index contributed by atoms with van der Waals surface area (Å²) < 4.78 is 0. The Morgan fingerprint density at radius 1 is 0.812 bits per heavy atom. The predicted molar refractivity (Wildman–Crippen MR) is 147 cm³/mol. The van der Waals surface area contributed by atoms with Crippen molar-refractivity contribution in [2.45, 2.75) is 131 Å². The van der Waals surface area contributed by atoms with Gasteiger partial charge in [-0.3, -0.25) is 0 Å². The van der Waals surface area contributed by atoms with Gasteiger partial charge in [0.25, 0.3) is 0 Å². The molecular formula is C30H55BSi. The van der Waals surface area contributed by atoms with Gasteiger partial charge in [0.1, 0.15) is 0 Å². The van der Waals surface area contributed by atoms with E-state index in [0.29, 0.717) is 10.8 Å². The van der Waals surface area contributed by atoms with Gasteiger partial charge < -0.3 is 0 Å². The molecule has 0 nitrogen and oxygen atoms in total. The van der Waals surface area contributed by atoms with E-state index in [0.717, 1.165) is 53.9 Å². The maximum absolute atomic E-state index is 2.84. The molecule has 6 saturated carbocycles. The number of rotatable bonds is 8. The van der Waals surface area contributed by atoms with Crippen LogP contribution in [0.2, 0.25) is 31.3 Å². The van der Waals surface area contributed by atoms with Crippen LogP contribution in [0.1, 0.15) is 99.8 Å². The molecule has 0 amide bonds. The molecule has 8 atom stereocenters. The van der Waals surface area contributed by atoms with E-state index in [9.17, 15) is 0 Å². The summed E-state index contributed by atoms with van der Waals surface area (Å²) in [6.45, 7) is 27.0. The summed E-state index contributed by atoms with van der Waals surface area (Å²) in [6, 6.07) is 0. The topological polar surface area (TPSA) is 0 Å². The lowest BCUT2D eigenvalue weighted by Crippen LogP contribution is -2.61. The molecule has 6 fully saturated rings. The summed E-state index contributed by atoms with van der Waals surface area (Å²) in [6.07, 6.45) is 14.4. The molecule has 4 unspecified atom stereocenters. The number of hydrogen-bond acceptors (Lipinski definition) is 0. The highest BCUT2D eigenvalue weighted by Gasteiger charge is 2.63. The molecule has 0 aliphatic heterocycles. The molecule has 6 aliphatic rings. The van der Waals surface area contributed by atoms with Crippen LogP contribution in [0.5, 0.6) is 0 Å². The maximum Gasteiger partial charge on any atom is 0.172 e. The molecule has 0 N–H and O–H groups in total. The largest absolute Gasteiger partial charge is 0.172 e. The van der Waals surface area contributed by atoms with Gasteiger partial charge in [-0.25, -0.2) is 0 Å². The first-order valence-corrected chi connectivity index (χ1v) is 18.0. The number of unbranched alkanes of at least 4 members (excludes halogenated alkanes) is 3. The van der Waals surface area contributed by atoms with Crippen LogP contribution < -0.4 is 0 Å². The number of fused-ring (bicyclic) bond motifs is 4. The summed E-state index contributed by atoms with van der Waals surface area (Å²) in [4.78, 5) is 0. The molecule has 0 aromatic rings. The second kappa shape index (κ2) is 8.60. The van der Waals surface area contributed by atoms with Gasteiger partial charge in [-0.15, -0.1) is 5.10 Å². The van der Waals surface area contributed by atoms with Crippen molar-refractivity contribution in [3.63, 3.8) is 0 Å². The minimum atomic E-state index is -1.36. The van der Waals surface area contributed by atoms with Crippen molar-refractivity contribution in [3.8, 4) is 0 Å². The van der Waals surface area contributed by atoms with Crippen LogP contribution in [0.3, 0.4) is 0 Å². The van der Waals surface area contributed by atoms with Gasteiger partial charge in [0.15, 0.2) is 6.71 Å². The van der Waals surface area contributed by atoms with E-state index in [1.807, 2.05) is 5.10 Å². The number of hydrogen-bond donors (Lipinski definition) is 0. The van der Waals surface area contributed by atoms with Gasteiger partial charge in [0.2, 0.25) is 0 Å². The molecule has 4 bridgehead atoms. The van der Waals surface area contributed by atoms with E-state index in [1.165, 1.54) is 51.4 Å². The lowest BCUT2D eigenvalue weighted by atomic mass is 9.21. The number of allylic oxidation sites excluding steroid dienone is 1. The second-order valence-corrected chi connectivity index (χ2v) is 20.2. The first-order chi connectivity index (χ1) is 14.8. The average Bonchev–Trinajstić information content (AvgIpc) is 2.69. The van der Waals surface area contributed by atoms with Gasteiger partial charge in [-0.2, -0.15) is 0 Å². The van der Waals surface area contributed by atoms with Crippen LogP contribution in [-0.2, 0) is 0 Å². The molecule has 0 aromatic heterocycles. The Balaban J connectivity index is 1.68. The fourth-order valence-electron chi connectivity index (χ4n) is 9.70. The summed E-state index contributed by atoms with van der Waals surface area (Å²) in [5.74, 6) is 7.65. The summed E-state index contributed by atoms with van der Waals surface area (Å²) in [7, 11) is -1.36. The fraction of sp³-hybridized carbons (Fsp3) is 0.933. The van der Waals surface area contributed by atoms with E-state index >= 15 is 0 Å². The van der Waals surface area contributed by atoms with Crippen LogP contribution in [-0.4, -0.2) is 14.8 Å². The van der Waals surface area contributed by atoms with Crippen molar-refractivity contribution in [1.82, 2.24) is 0 Å². The monoisotopic (exact) mass is 454 g/mol. The lowest BCUT2D eigenvalue weighted by molar-refractivity contribution is -0.107. The van der Waals surface area contributed by atoms with Crippen LogP contribution in [0.4, 0.5) is 0 Å². The maximum atomic E-state index is 2.84. The highest BCUT2D eigenvalue weighted by molar-refractivity contribution is 6.99. The first-order valence-electron chi connectivity index (χ1n) is 14.5. The Hall–Kier alpha value is 0.0218. The van der Waals surface area contributed by atoms with Crippen LogP contribution in [0.15, 0.2) is 11.2 Å². The van der Waals surface area contributed by atoms with Crippen molar-refractivity contribution in [3.05, 3.63) is 11.2 Å². The van der Waals surface area contributed by atoms with Gasteiger partial charge in [0, 0.05) is 0 Å². The minimum Gasteiger partial charge on any atom is -0.114 e. The third-order valence-corrected chi connectivity index (χ3v) is 14.4. The zero-order valence-corrected chi connectivity index (χ0v) is 24.4. The molecule has 6 aliphatic carbocycles. The van der Waals surface area contributed by atoms with Crippen LogP contribution in [0, 0.1) is 46.3 Å². The molecule has 0 spiro atoms. The van der Waals surface area contributed by atoms with Crippen LogP contribution >= 0.6 is 0 Å². The standard InChI is InChI=1S/C30H55BSi/c1-11-12-13-14-15-28(32(8,9)10)31(26-18-22-16-24(20(26)2)29(22,4)5)27-19-23-17-25(21(27)3)30(23,6)7/h15,20-27H,11-14,16-19H2,1-10H3/b28-15-/t20-,21-,22?,23?,24?,25?,26-,27-/m1/s1. The molecule has 0 radical (unpaired) electrons. The Kier molecular flexibility index (Phi) is 6.75. The third-order valence-electron chi connectivity index (χ3n) is 12.1. The van der Waals surface area contributed by atoms with Gasteiger partial charge in [0.05, 0.1) is 8.07 Å². The Morgan fingerprint density at radius 2 is 1.28 bits per heavy atom. The van der Waals surface area contributed by atoms with E-state index in [-0.39, 0.29) is 0 Å². The normalized spacial score (nSPS) is 42.1.